The van der Waals surface area contributed by atoms with Gasteiger partial charge in [-0.05, 0) is 23.6 Å². The van der Waals surface area contributed by atoms with Crippen LogP contribution in [0.1, 0.15) is 9.67 Å². The number of benzene rings is 1. The molecule has 0 bridgehead atoms. The van der Waals surface area contributed by atoms with E-state index in [-0.39, 0.29) is 17.2 Å². The number of carbonyl (C=O) groups is 2. The fourth-order valence-corrected chi connectivity index (χ4v) is 3.03. The fraction of sp³-hybridized carbons (Fsp3) is 0.118. The molecule has 0 saturated carbocycles. The largest absolute Gasteiger partial charge is 0.433 e. The molecule has 3 aromatic rings. The van der Waals surface area contributed by atoms with Crippen LogP contribution in [0, 0.1) is 0 Å². The summed E-state index contributed by atoms with van der Waals surface area (Å²) in [6.07, 6.45) is 1.61. The van der Waals surface area contributed by atoms with E-state index in [0.29, 0.717) is 11.2 Å². The molecule has 2 amide bonds. The van der Waals surface area contributed by atoms with Gasteiger partial charge >= 0.3 is 6.61 Å². The number of pyridine rings is 1. The topological polar surface area (TPSA) is 80.3 Å². The molecule has 0 aliphatic carbocycles. The summed E-state index contributed by atoms with van der Waals surface area (Å²) in [7, 11) is 0. The van der Waals surface area contributed by atoms with Crippen molar-refractivity contribution >= 4 is 39.7 Å². The number of thiophene rings is 1. The van der Waals surface area contributed by atoms with Crippen molar-refractivity contribution in [1.82, 2.24) is 10.3 Å². The molecule has 0 spiro atoms. The van der Waals surface area contributed by atoms with Crippen molar-refractivity contribution in [2.75, 3.05) is 11.9 Å². The number of nitrogens with one attached hydrogen (secondary N) is 2. The Hall–Kier alpha value is -3.07. The third kappa shape index (κ3) is 4.12. The van der Waals surface area contributed by atoms with Gasteiger partial charge in [-0.25, -0.2) is 0 Å². The van der Waals surface area contributed by atoms with Crippen LogP contribution in [0.25, 0.3) is 10.9 Å². The summed E-state index contributed by atoms with van der Waals surface area (Å²) >= 11 is 0.945. The highest BCUT2D eigenvalue weighted by molar-refractivity contribution is 7.12. The number of alkyl halides is 2. The highest BCUT2D eigenvalue weighted by Crippen LogP contribution is 2.26. The maximum absolute atomic E-state index is 12.3. The van der Waals surface area contributed by atoms with E-state index in [2.05, 4.69) is 20.4 Å². The van der Waals surface area contributed by atoms with Gasteiger partial charge in [0.15, 0.2) is 0 Å². The number of nitrogens with zero attached hydrogens (tertiary/aromatic N) is 1. The Balaban J connectivity index is 1.62. The summed E-state index contributed by atoms with van der Waals surface area (Å²) in [6.45, 7) is -3.35. The van der Waals surface area contributed by atoms with Crippen LogP contribution < -0.4 is 15.4 Å². The van der Waals surface area contributed by atoms with Gasteiger partial charge in [-0.15, -0.1) is 11.3 Å². The third-order valence-electron chi connectivity index (χ3n) is 3.37. The normalized spacial score (nSPS) is 10.7. The Morgan fingerprint density at radius 1 is 1.19 bits per heavy atom. The summed E-state index contributed by atoms with van der Waals surface area (Å²) in [5, 5.41) is 7.36. The van der Waals surface area contributed by atoms with Crippen LogP contribution in [-0.2, 0) is 4.79 Å². The molecule has 0 radical (unpaired) electrons. The Morgan fingerprint density at radius 2 is 2.00 bits per heavy atom. The Kier molecular flexibility index (Phi) is 5.37. The highest BCUT2D eigenvalue weighted by atomic mass is 32.1. The van der Waals surface area contributed by atoms with E-state index in [1.165, 1.54) is 11.4 Å². The standard InChI is InChI=1S/C17H13F2N3O3S/c18-17(19)25-12-6-8-26-15(12)16(24)21-9-13(23)22-11-5-1-3-10-4-2-7-20-14(10)11/h1-8,17H,9H2,(H,21,24)(H,22,23). The van der Waals surface area contributed by atoms with Crippen molar-refractivity contribution in [3.63, 3.8) is 0 Å². The zero-order valence-electron chi connectivity index (χ0n) is 13.2. The van der Waals surface area contributed by atoms with Gasteiger partial charge < -0.3 is 15.4 Å². The Labute approximate surface area is 150 Å². The van der Waals surface area contributed by atoms with Crippen LogP contribution in [0.2, 0.25) is 0 Å². The zero-order chi connectivity index (χ0) is 18.5. The fourth-order valence-electron chi connectivity index (χ4n) is 2.29. The van der Waals surface area contributed by atoms with Crippen LogP contribution in [-0.4, -0.2) is 30.0 Å². The second-order valence-electron chi connectivity index (χ2n) is 5.10. The molecule has 134 valence electrons. The summed E-state index contributed by atoms with van der Waals surface area (Å²) in [6, 6.07) is 10.3. The molecule has 2 N–H and O–H groups in total. The van der Waals surface area contributed by atoms with E-state index in [9.17, 15) is 18.4 Å². The molecule has 2 heterocycles. The molecular formula is C17H13F2N3O3S. The lowest BCUT2D eigenvalue weighted by Gasteiger charge is -2.09. The minimum Gasteiger partial charge on any atom is -0.433 e. The molecule has 0 unspecified atom stereocenters. The van der Waals surface area contributed by atoms with E-state index in [1.54, 1.807) is 24.4 Å². The number of aromatic nitrogens is 1. The second-order valence-corrected chi connectivity index (χ2v) is 6.02. The number of halogens is 2. The lowest BCUT2D eigenvalue weighted by Crippen LogP contribution is -2.32. The van der Waals surface area contributed by atoms with Crippen molar-refractivity contribution in [2.24, 2.45) is 0 Å². The summed E-state index contributed by atoms with van der Waals surface area (Å²) in [5.41, 5.74) is 1.14. The first-order valence-corrected chi connectivity index (χ1v) is 8.36. The molecule has 26 heavy (non-hydrogen) atoms. The minimum atomic E-state index is -3.03. The molecule has 0 aliphatic heterocycles. The van der Waals surface area contributed by atoms with Gasteiger partial charge in [0.2, 0.25) is 5.91 Å². The summed E-state index contributed by atoms with van der Waals surface area (Å²) in [4.78, 5) is 28.3. The first-order chi connectivity index (χ1) is 12.5. The van der Waals surface area contributed by atoms with Gasteiger partial charge in [0.05, 0.1) is 17.7 Å². The van der Waals surface area contributed by atoms with Crippen LogP contribution in [0.5, 0.6) is 5.75 Å². The number of rotatable bonds is 6. The number of amides is 2. The highest BCUT2D eigenvalue weighted by Gasteiger charge is 2.18. The maximum Gasteiger partial charge on any atom is 0.387 e. The SMILES string of the molecule is O=C(CNC(=O)c1sccc1OC(F)F)Nc1cccc2cccnc12. The number of para-hydroxylation sites is 1. The number of anilines is 1. The summed E-state index contributed by atoms with van der Waals surface area (Å²) in [5.74, 6) is -1.35. The lowest BCUT2D eigenvalue weighted by molar-refractivity contribution is -0.115. The van der Waals surface area contributed by atoms with Gasteiger partial charge in [0.1, 0.15) is 10.6 Å². The van der Waals surface area contributed by atoms with Crippen molar-refractivity contribution in [2.45, 2.75) is 6.61 Å². The van der Waals surface area contributed by atoms with E-state index < -0.39 is 18.4 Å². The average molecular weight is 377 g/mol. The maximum atomic E-state index is 12.3. The summed E-state index contributed by atoms with van der Waals surface area (Å²) < 4.78 is 28.9. The van der Waals surface area contributed by atoms with Crippen molar-refractivity contribution < 1.29 is 23.1 Å². The molecule has 2 aromatic heterocycles. The average Bonchev–Trinajstić information content (AvgIpc) is 3.07. The molecular weight excluding hydrogens is 364 g/mol. The molecule has 0 aliphatic rings. The van der Waals surface area contributed by atoms with E-state index in [0.717, 1.165) is 16.7 Å². The van der Waals surface area contributed by atoms with Gasteiger partial charge in [-0.1, -0.05) is 18.2 Å². The molecule has 3 rings (SSSR count). The first-order valence-electron chi connectivity index (χ1n) is 7.48. The second kappa shape index (κ2) is 7.87. The van der Waals surface area contributed by atoms with Crippen molar-refractivity contribution in [3.05, 3.63) is 52.9 Å². The molecule has 0 atom stereocenters. The van der Waals surface area contributed by atoms with Crippen LogP contribution in [0.4, 0.5) is 14.5 Å². The number of carbonyl (C=O) groups excluding carboxylic acids is 2. The van der Waals surface area contributed by atoms with Crippen molar-refractivity contribution in [3.8, 4) is 5.75 Å². The minimum absolute atomic E-state index is 0.0232. The monoisotopic (exact) mass is 377 g/mol. The molecule has 0 saturated heterocycles. The molecule has 1 aromatic carbocycles. The van der Waals surface area contributed by atoms with E-state index in [1.807, 2.05) is 12.1 Å². The third-order valence-corrected chi connectivity index (χ3v) is 4.26. The predicted octanol–water partition coefficient (Wildman–Crippen LogP) is 3.27. The Morgan fingerprint density at radius 3 is 2.81 bits per heavy atom. The van der Waals surface area contributed by atoms with Gasteiger partial charge in [0, 0.05) is 11.6 Å². The van der Waals surface area contributed by atoms with Gasteiger partial charge in [-0.3, -0.25) is 14.6 Å². The number of ether oxygens (including phenoxy) is 1. The van der Waals surface area contributed by atoms with Gasteiger partial charge in [-0.2, -0.15) is 8.78 Å². The Bertz CT molecular complexity index is 940. The predicted molar refractivity (Wildman–Crippen MR) is 93.7 cm³/mol. The number of fused-ring (bicyclic) bond motifs is 1. The van der Waals surface area contributed by atoms with Crippen LogP contribution in [0.15, 0.2) is 48.0 Å². The number of hydrogen-bond acceptors (Lipinski definition) is 5. The molecule has 9 heteroatoms. The lowest BCUT2D eigenvalue weighted by atomic mass is 10.2. The number of hydrogen-bond donors (Lipinski definition) is 2. The first kappa shape index (κ1) is 17.7. The molecule has 6 nitrogen and oxygen atoms in total. The van der Waals surface area contributed by atoms with Gasteiger partial charge in [0.25, 0.3) is 5.91 Å². The van der Waals surface area contributed by atoms with Crippen molar-refractivity contribution in [1.29, 1.82) is 0 Å². The quantitative estimate of drug-likeness (QED) is 0.691. The molecule has 0 fully saturated rings. The smallest absolute Gasteiger partial charge is 0.387 e. The van der Waals surface area contributed by atoms with E-state index in [4.69, 9.17) is 0 Å². The van der Waals surface area contributed by atoms with Crippen LogP contribution >= 0.6 is 11.3 Å². The van der Waals surface area contributed by atoms with Crippen LogP contribution in [0.3, 0.4) is 0 Å². The van der Waals surface area contributed by atoms with E-state index >= 15 is 0 Å². The zero-order valence-corrected chi connectivity index (χ0v) is 14.1.